The van der Waals surface area contributed by atoms with Crippen molar-refractivity contribution >= 4 is 23.2 Å². The maximum absolute atomic E-state index is 5.90. The number of nitrogens with zero attached hydrogens (tertiary/aromatic N) is 4. The van der Waals surface area contributed by atoms with Crippen LogP contribution in [0.25, 0.3) is 5.78 Å². The van der Waals surface area contributed by atoms with E-state index in [-0.39, 0.29) is 0 Å². The fourth-order valence-corrected chi connectivity index (χ4v) is 1.66. The highest BCUT2D eigenvalue weighted by molar-refractivity contribution is 6.29. The Morgan fingerprint density at radius 2 is 2.33 bits per heavy atom. The maximum atomic E-state index is 5.90. The normalized spacial score (nSPS) is 11.3. The lowest BCUT2D eigenvalue weighted by Crippen LogP contribution is -2.14. The van der Waals surface area contributed by atoms with Gasteiger partial charge in [0.2, 0.25) is 0 Å². The second-order valence-electron chi connectivity index (χ2n) is 4.33. The lowest BCUT2D eigenvalue weighted by molar-refractivity contribution is 0.118. The van der Waals surface area contributed by atoms with Crippen LogP contribution in [0.3, 0.4) is 0 Å². The van der Waals surface area contributed by atoms with E-state index < -0.39 is 0 Å². The van der Waals surface area contributed by atoms with Crippen molar-refractivity contribution in [2.75, 3.05) is 25.1 Å². The standard InChI is InChI=1S/C11H16ClN5O/c1-8(2)6-18-4-3-13-10-5-9(12)16-11-14-7-15-17(10)11/h5,7-8,13H,3-4,6H2,1-2H3. The van der Waals surface area contributed by atoms with Crippen LogP contribution in [0.2, 0.25) is 5.15 Å². The Bertz CT molecular complexity index is 513. The van der Waals surface area contributed by atoms with E-state index >= 15 is 0 Å². The summed E-state index contributed by atoms with van der Waals surface area (Å²) in [4.78, 5) is 8.04. The Morgan fingerprint density at radius 3 is 3.11 bits per heavy atom. The molecule has 0 aliphatic carbocycles. The molecule has 2 heterocycles. The van der Waals surface area contributed by atoms with E-state index in [1.807, 2.05) is 0 Å². The molecule has 7 heteroatoms. The van der Waals surface area contributed by atoms with Crippen LogP contribution in [0.15, 0.2) is 12.4 Å². The van der Waals surface area contributed by atoms with Crippen molar-refractivity contribution in [1.29, 1.82) is 0 Å². The van der Waals surface area contributed by atoms with Gasteiger partial charge in [-0.2, -0.15) is 19.6 Å². The van der Waals surface area contributed by atoms with Crippen molar-refractivity contribution in [2.24, 2.45) is 5.92 Å². The van der Waals surface area contributed by atoms with Crippen LogP contribution in [-0.2, 0) is 4.74 Å². The highest BCUT2D eigenvalue weighted by Gasteiger charge is 2.05. The van der Waals surface area contributed by atoms with E-state index in [9.17, 15) is 0 Å². The zero-order valence-electron chi connectivity index (χ0n) is 10.4. The predicted octanol–water partition coefficient (Wildman–Crippen LogP) is 1.86. The monoisotopic (exact) mass is 269 g/mol. The number of ether oxygens (including phenoxy) is 1. The first-order chi connectivity index (χ1) is 8.66. The lowest BCUT2D eigenvalue weighted by Gasteiger charge is -2.09. The minimum atomic E-state index is 0.390. The molecule has 2 aromatic rings. The zero-order chi connectivity index (χ0) is 13.0. The third-order valence-electron chi connectivity index (χ3n) is 2.22. The molecule has 18 heavy (non-hydrogen) atoms. The number of rotatable bonds is 6. The summed E-state index contributed by atoms with van der Waals surface area (Å²) in [5.41, 5.74) is 0. The molecule has 0 unspecified atom stereocenters. The molecule has 0 spiro atoms. The van der Waals surface area contributed by atoms with Gasteiger partial charge in [-0.25, -0.2) is 0 Å². The van der Waals surface area contributed by atoms with Gasteiger partial charge in [-0.1, -0.05) is 25.4 Å². The van der Waals surface area contributed by atoms with E-state index in [1.165, 1.54) is 6.33 Å². The van der Waals surface area contributed by atoms with Crippen molar-refractivity contribution in [3.05, 3.63) is 17.5 Å². The fourth-order valence-electron chi connectivity index (χ4n) is 1.48. The third-order valence-corrected chi connectivity index (χ3v) is 2.42. The molecule has 1 N–H and O–H groups in total. The van der Waals surface area contributed by atoms with Crippen LogP contribution in [-0.4, -0.2) is 39.3 Å². The number of hydrogen-bond acceptors (Lipinski definition) is 5. The van der Waals surface area contributed by atoms with E-state index in [4.69, 9.17) is 16.3 Å². The molecular formula is C11H16ClN5O. The third kappa shape index (κ3) is 3.30. The number of nitrogens with one attached hydrogen (secondary N) is 1. The smallest absolute Gasteiger partial charge is 0.255 e. The Labute approximate surface area is 110 Å². The molecule has 0 saturated heterocycles. The fraction of sp³-hybridized carbons (Fsp3) is 0.545. The summed E-state index contributed by atoms with van der Waals surface area (Å²) in [5.74, 6) is 1.78. The lowest BCUT2D eigenvalue weighted by atomic mass is 10.2. The molecule has 0 radical (unpaired) electrons. The van der Waals surface area contributed by atoms with Gasteiger partial charge in [-0.05, 0) is 5.92 Å². The summed E-state index contributed by atoms with van der Waals surface area (Å²) in [7, 11) is 0. The highest BCUT2D eigenvalue weighted by atomic mass is 35.5. The second kappa shape index (κ2) is 5.97. The van der Waals surface area contributed by atoms with Crippen LogP contribution in [0.4, 0.5) is 5.82 Å². The topological polar surface area (TPSA) is 64.3 Å². The van der Waals surface area contributed by atoms with Gasteiger partial charge in [0.25, 0.3) is 5.78 Å². The molecule has 0 aliphatic rings. The summed E-state index contributed by atoms with van der Waals surface area (Å²) in [6.45, 7) is 6.32. The van der Waals surface area contributed by atoms with Crippen LogP contribution in [0.1, 0.15) is 13.8 Å². The molecule has 6 nitrogen and oxygen atoms in total. The minimum Gasteiger partial charge on any atom is -0.379 e. The van der Waals surface area contributed by atoms with E-state index in [0.29, 0.717) is 30.0 Å². The molecule has 0 saturated carbocycles. The summed E-state index contributed by atoms with van der Waals surface area (Å²) in [5, 5.41) is 7.66. The molecule has 98 valence electrons. The summed E-state index contributed by atoms with van der Waals surface area (Å²) < 4.78 is 7.09. The average molecular weight is 270 g/mol. The Kier molecular flexibility index (Phi) is 4.33. The molecule has 0 aliphatic heterocycles. The van der Waals surface area contributed by atoms with Crippen molar-refractivity contribution in [2.45, 2.75) is 13.8 Å². The van der Waals surface area contributed by atoms with Gasteiger partial charge in [0, 0.05) is 19.2 Å². The Morgan fingerprint density at radius 1 is 1.50 bits per heavy atom. The first-order valence-electron chi connectivity index (χ1n) is 5.84. The number of hydrogen-bond donors (Lipinski definition) is 1. The van der Waals surface area contributed by atoms with E-state index in [1.54, 1.807) is 10.6 Å². The Hall–Kier alpha value is -1.40. The molecule has 0 bridgehead atoms. The van der Waals surface area contributed by atoms with Crippen molar-refractivity contribution in [1.82, 2.24) is 19.6 Å². The number of aromatic nitrogens is 4. The van der Waals surface area contributed by atoms with Crippen molar-refractivity contribution < 1.29 is 4.74 Å². The molecule has 2 rings (SSSR count). The van der Waals surface area contributed by atoms with Gasteiger partial charge in [-0.3, -0.25) is 0 Å². The molecular weight excluding hydrogens is 254 g/mol. The maximum Gasteiger partial charge on any atom is 0.255 e. The highest BCUT2D eigenvalue weighted by Crippen LogP contribution is 2.13. The van der Waals surface area contributed by atoms with Crippen LogP contribution in [0, 0.1) is 5.92 Å². The van der Waals surface area contributed by atoms with Gasteiger partial charge in [0.05, 0.1) is 6.61 Å². The molecule has 0 fully saturated rings. The summed E-state index contributed by atoms with van der Waals surface area (Å²) >= 11 is 5.90. The zero-order valence-corrected chi connectivity index (χ0v) is 11.2. The average Bonchev–Trinajstić information content (AvgIpc) is 2.75. The van der Waals surface area contributed by atoms with Crippen LogP contribution >= 0.6 is 11.6 Å². The van der Waals surface area contributed by atoms with Crippen molar-refractivity contribution in [3.63, 3.8) is 0 Å². The summed E-state index contributed by atoms with van der Waals surface area (Å²) in [6, 6.07) is 1.71. The number of fused-ring (bicyclic) bond motifs is 1. The first kappa shape index (κ1) is 13.0. The van der Waals surface area contributed by atoms with E-state index in [0.717, 1.165) is 12.4 Å². The molecule has 0 atom stereocenters. The predicted molar refractivity (Wildman–Crippen MR) is 69.9 cm³/mol. The van der Waals surface area contributed by atoms with Gasteiger partial charge in [0.1, 0.15) is 17.3 Å². The van der Waals surface area contributed by atoms with Crippen LogP contribution in [0.5, 0.6) is 0 Å². The van der Waals surface area contributed by atoms with Crippen LogP contribution < -0.4 is 5.32 Å². The number of halogens is 1. The van der Waals surface area contributed by atoms with Gasteiger partial charge < -0.3 is 10.1 Å². The van der Waals surface area contributed by atoms with Crippen molar-refractivity contribution in [3.8, 4) is 0 Å². The van der Waals surface area contributed by atoms with Gasteiger partial charge in [-0.15, -0.1) is 0 Å². The SMILES string of the molecule is CC(C)COCCNc1cc(Cl)nc2ncnn12. The number of anilines is 1. The van der Waals surface area contributed by atoms with E-state index in [2.05, 4.69) is 34.2 Å². The van der Waals surface area contributed by atoms with Gasteiger partial charge in [0.15, 0.2) is 0 Å². The first-order valence-corrected chi connectivity index (χ1v) is 6.22. The minimum absolute atomic E-state index is 0.390. The Balaban J connectivity index is 1.93. The summed E-state index contributed by atoms with van der Waals surface area (Å²) in [6.07, 6.45) is 1.44. The second-order valence-corrected chi connectivity index (χ2v) is 4.72. The largest absolute Gasteiger partial charge is 0.379 e. The molecule has 2 aromatic heterocycles. The van der Waals surface area contributed by atoms with Gasteiger partial charge >= 0.3 is 0 Å². The molecule has 0 aromatic carbocycles. The molecule has 0 amide bonds. The quantitative estimate of drug-likeness (QED) is 0.641.